The maximum atomic E-state index is 14.1. The Labute approximate surface area is 271 Å². The molecule has 44 heavy (non-hydrogen) atoms. The molecular formula is C33H30BrN3O5S2. The number of benzene rings is 3. The van der Waals surface area contributed by atoms with Crippen molar-refractivity contribution in [1.29, 1.82) is 0 Å². The zero-order valence-corrected chi connectivity index (χ0v) is 27.7. The summed E-state index contributed by atoms with van der Waals surface area (Å²) in [4.78, 5) is 56.2. The highest BCUT2D eigenvalue weighted by atomic mass is 79.9. The topological polar surface area (TPSA) is 97.7 Å². The molecule has 2 aliphatic heterocycles. The molecule has 0 saturated carbocycles. The summed E-state index contributed by atoms with van der Waals surface area (Å²) in [6.45, 7) is 6.16. The van der Waals surface area contributed by atoms with Crippen molar-refractivity contribution >= 4 is 68.1 Å². The molecule has 3 amide bonds. The number of anilines is 2. The highest BCUT2D eigenvalue weighted by Crippen LogP contribution is 2.54. The number of ether oxygens (including phenoxy) is 1. The highest BCUT2D eigenvalue weighted by molar-refractivity contribution is 9.10. The number of hydrogen-bond donors (Lipinski definition) is 1. The third-order valence-electron chi connectivity index (χ3n) is 7.95. The zero-order chi connectivity index (χ0) is 31.3. The SMILES string of the molecule is COc1ccc(NC(=O)Cn2c3c(sc2=O)C(c2ccc(C(C)(C)C)cc2)C2C(=O)N(c4ccc(Br)cc4)C(=O)C2S3)cc1. The van der Waals surface area contributed by atoms with Crippen LogP contribution in [0.25, 0.3) is 0 Å². The maximum absolute atomic E-state index is 14.1. The van der Waals surface area contributed by atoms with E-state index in [2.05, 4.69) is 42.0 Å². The van der Waals surface area contributed by atoms with Gasteiger partial charge in [0.25, 0.3) is 0 Å². The van der Waals surface area contributed by atoms with Gasteiger partial charge in [0.05, 0.1) is 23.7 Å². The summed E-state index contributed by atoms with van der Waals surface area (Å²) >= 11 is 5.66. The largest absolute Gasteiger partial charge is 0.497 e. The van der Waals surface area contributed by atoms with Gasteiger partial charge in [-0.25, -0.2) is 4.90 Å². The fraction of sp³-hybridized carbons (Fsp3) is 0.273. The van der Waals surface area contributed by atoms with Crippen LogP contribution in [0.15, 0.2) is 87.1 Å². The van der Waals surface area contributed by atoms with Gasteiger partial charge in [0.1, 0.15) is 17.5 Å². The summed E-state index contributed by atoms with van der Waals surface area (Å²) in [5.41, 5.74) is 2.98. The van der Waals surface area contributed by atoms with E-state index in [1.807, 2.05) is 24.3 Å². The molecular weight excluding hydrogens is 662 g/mol. The molecule has 2 aliphatic rings. The third kappa shape index (κ3) is 5.52. The molecule has 3 unspecified atom stereocenters. The molecule has 3 atom stereocenters. The van der Waals surface area contributed by atoms with Crippen LogP contribution in [0.3, 0.4) is 0 Å². The summed E-state index contributed by atoms with van der Waals surface area (Å²) in [7, 11) is 1.56. The first-order chi connectivity index (χ1) is 21.0. The van der Waals surface area contributed by atoms with Crippen LogP contribution < -0.4 is 19.8 Å². The van der Waals surface area contributed by atoms with E-state index in [-0.39, 0.29) is 34.6 Å². The number of fused-ring (bicyclic) bond motifs is 2. The first kappa shape index (κ1) is 30.4. The number of amides is 3. The number of carbonyl (C=O) groups excluding carboxylic acids is 3. The van der Waals surface area contributed by atoms with Crippen LogP contribution in [0.5, 0.6) is 5.75 Å². The van der Waals surface area contributed by atoms with Crippen LogP contribution >= 0.6 is 39.0 Å². The molecule has 11 heteroatoms. The normalized spacial score (nSPS) is 19.5. The number of rotatable bonds is 6. The second-order valence-electron chi connectivity index (χ2n) is 11.8. The summed E-state index contributed by atoms with van der Waals surface area (Å²) in [5, 5.41) is 2.63. The Kier molecular flexibility index (Phi) is 8.06. The van der Waals surface area contributed by atoms with Gasteiger partial charge in [-0.1, -0.05) is 84.1 Å². The molecule has 1 N–H and O–H groups in total. The van der Waals surface area contributed by atoms with Crippen LogP contribution in [0.4, 0.5) is 11.4 Å². The minimum Gasteiger partial charge on any atom is -0.497 e. The van der Waals surface area contributed by atoms with Crippen molar-refractivity contribution in [2.75, 3.05) is 17.3 Å². The second-order valence-corrected chi connectivity index (χ2v) is 14.8. The summed E-state index contributed by atoms with van der Waals surface area (Å²) in [6.07, 6.45) is 0. The lowest BCUT2D eigenvalue weighted by molar-refractivity contribution is -0.122. The van der Waals surface area contributed by atoms with Crippen molar-refractivity contribution in [3.05, 3.63) is 103 Å². The molecule has 3 heterocycles. The maximum Gasteiger partial charge on any atom is 0.308 e. The van der Waals surface area contributed by atoms with E-state index in [0.717, 1.165) is 26.9 Å². The van der Waals surface area contributed by atoms with Gasteiger partial charge in [-0.15, -0.1) is 0 Å². The number of carbonyl (C=O) groups is 3. The number of halogens is 1. The Morgan fingerprint density at radius 3 is 2.20 bits per heavy atom. The lowest BCUT2D eigenvalue weighted by Gasteiger charge is -2.31. The first-order valence-electron chi connectivity index (χ1n) is 14.0. The van der Waals surface area contributed by atoms with E-state index >= 15 is 0 Å². The smallest absolute Gasteiger partial charge is 0.308 e. The predicted molar refractivity (Wildman–Crippen MR) is 177 cm³/mol. The molecule has 0 bridgehead atoms. The van der Waals surface area contributed by atoms with Crippen LogP contribution in [-0.4, -0.2) is 34.6 Å². The summed E-state index contributed by atoms with van der Waals surface area (Å²) in [6, 6.07) is 22.1. The van der Waals surface area contributed by atoms with Crippen molar-refractivity contribution in [1.82, 2.24) is 4.57 Å². The van der Waals surface area contributed by atoms with Crippen molar-refractivity contribution < 1.29 is 19.1 Å². The first-order valence-corrected chi connectivity index (χ1v) is 16.5. The van der Waals surface area contributed by atoms with Gasteiger partial charge in [0, 0.05) is 21.0 Å². The molecule has 0 radical (unpaired) electrons. The standard InChI is InChI=1S/C33H30BrN3O5S2/c1-33(2,3)19-7-5-18(6-8-19)25-26-27(30(40)37(29(26)39)22-13-9-20(34)10-14-22)43-31-28(25)44-32(41)36(31)17-24(38)35-21-11-15-23(42-4)16-12-21/h5-16,25-27H,17H2,1-4H3,(H,35,38). The Bertz CT molecular complexity index is 1810. The van der Waals surface area contributed by atoms with E-state index in [4.69, 9.17) is 4.74 Å². The van der Waals surface area contributed by atoms with Gasteiger partial charge in [-0.05, 0) is 65.1 Å². The van der Waals surface area contributed by atoms with Crippen LogP contribution in [0, 0.1) is 5.92 Å². The third-order valence-corrected chi connectivity index (χ3v) is 11.1. The Hall–Kier alpha value is -3.67. The van der Waals surface area contributed by atoms with Gasteiger partial charge in [-0.2, -0.15) is 0 Å². The van der Waals surface area contributed by atoms with E-state index < -0.39 is 17.1 Å². The second kappa shape index (κ2) is 11.7. The zero-order valence-electron chi connectivity index (χ0n) is 24.5. The predicted octanol–water partition coefficient (Wildman–Crippen LogP) is 6.41. The van der Waals surface area contributed by atoms with Gasteiger partial charge >= 0.3 is 4.87 Å². The number of imide groups is 1. The lowest BCUT2D eigenvalue weighted by Crippen LogP contribution is -2.33. The molecule has 226 valence electrons. The molecule has 1 saturated heterocycles. The molecule has 4 aromatic rings. The molecule has 1 fully saturated rings. The number of methoxy groups -OCH3 is 1. The molecule has 1 aromatic heterocycles. The Balaban J connectivity index is 1.40. The van der Waals surface area contributed by atoms with E-state index in [9.17, 15) is 19.2 Å². The van der Waals surface area contributed by atoms with E-state index in [0.29, 0.717) is 27.0 Å². The summed E-state index contributed by atoms with van der Waals surface area (Å²) < 4.78 is 7.44. The van der Waals surface area contributed by atoms with Crippen LogP contribution in [0.1, 0.15) is 42.7 Å². The average Bonchev–Trinajstić information content (AvgIpc) is 3.43. The van der Waals surface area contributed by atoms with Crippen LogP contribution in [-0.2, 0) is 26.3 Å². The number of nitrogens with one attached hydrogen (secondary N) is 1. The fourth-order valence-electron chi connectivity index (χ4n) is 5.67. The summed E-state index contributed by atoms with van der Waals surface area (Å²) in [5.74, 6) is -1.57. The monoisotopic (exact) mass is 691 g/mol. The minimum atomic E-state index is -0.754. The lowest BCUT2D eigenvalue weighted by atomic mass is 9.81. The molecule has 0 aliphatic carbocycles. The fourth-order valence-corrected chi connectivity index (χ4v) is 8.71. The molecule has 0 spiro atoms. The Morgan fingerprint density at radius 1 is 0.932 bits per heavy atom. The van der Waals surface area contributed by atoms with Crippen molar-refractivity contribution in [2.24, 2.45) is 5.92 Å². The quantitative estimate of drug-likeness (QED) is 0.235. The van der Waals surface area contributed by atoms with E-state index in [1.165, 1.54) is 21.2 Å². The highest BCUT2D eigenvalue weighted by Gasteiger charge is 2.56. The van der Waals surface area contributed by atoms with Gasteiger partial charge in [0.15, 0.2) is 0 Å². The number of hydrogen-bond acceptors (Lipinski definition) is 7. The van der Waals surface area contributed by atoms with Crippen LogP contribution in [0.2, 0.25) is 0 Å². The number of nitrogens with zero attached hydrogens (tertiary/aromatic N) is 2. The van der Waals surface area contributed by atoms with E-state index in [1.54, 1.807) is 55.6 Å². The number of aromatic nitrogens is 1. The average molecular weight is 693 g/mol. The molecule has 6 rings (SSSR count). The Morgan fingerprint density at radius 2 is 1.59 bits per heavy atom. The number of thiazole rings is 1. The minimum absolute atomic E-state index is 0.0719. The van der Waals surface area contributed by atoms with Crippen molar-refractivity contribution in [2.45, 2.75) is 48.9 Å². The van der Waals surface area contributed by atoms with Crippen molar-refractivity contribution in [3.8, 4) is 5.75 Å². The van der Waals surface area contributed by atoms with Gasteiger partial charge in [-0.3, -0.25) is 23.7 Å². The van der Waals surface area contributed by atoms with Gasteiger partial charge in [0.2, 0.25) is 17.7 Å². The molecule has 3 aromatic carbocycles. The van der Waals surface area contributed by atoms with Gasteiger partial charge < -0.3 is 10.1 Å². The van der Waals surface area contributed by atoms with Crippen molar-refractivity contribution in [3.63, 3.8) is 0 Å². The number of thioether (sulfide) groups is 1. The molecule has 8 nitrogen and oxygen atoms in total.